The zero-order chi connectivity index (χ0) is 12.1. The zero-order valence-corrected chi connectivity index (χ0v) is 9.06. The predicted octanol–water partition coefficient (Wildman–Crippen LogP) is 1.25. The van der Waals surface area contributed by atoms with Crippen molar-refractivity contribution < 1.29 is 14.0 Å². The Labute approximate surface area is 97.3 Å². The number of nitrogens with zero attached hydrogens (tertiary/aromatic N) is 2. The number of benzene rings is 1. The monoisotopic (exact) mass is 237 g/mol. The van der Waals surface area contributed by atoms with E-state index in [1.165, 1.54) is 18.5 Å². The second-order valence-corrected chi connectivity index (χ2v) is 3.59. The molecular weight excluding hydrogens is 225 g/mol. The number of aromatic hydroxyl groups is 1. The van der Waals surface area contributed by atoms with Crippen LogP contribution in [0, 0.1) is 5.82 Å². The summed E-state index contributed by atoms with van der Waals surface area (Å²) in [4.78, 5) is 3.87. The molecule has 1 aromatic carbocycles. The van der Waals surface area contributed by atoms with Gasteiger partial charge in [-0.15, -0.1) is 0 Å². The summed E-state index contributed by atoms with van der Waals surface area (Å²) in [6.45, 7) is 1.12. The Morgan fingerprint density at radius 3 is 2.94 bits per heavy atom. The molecule has 2 N–H and O–H groups in total. The van der Waals surface area contributed by atoms with E-state index in [0.29, 0.717) is 30.9 Å². The highest BCUT2D eigenvalue weighted by molar-refractivity contribution is 5.28. The fourth-order valence-corrected chi connectivity index (χ4v) is 1.47. The number of phenolic OH excluding ortho intramolecular Hbond substituents is 1. The van der Waals surface area contributed by atoms with E-state index < -0.39 is 5.82 Å². The Balaban J connectivity index is 1.78. The van der Waals surface area contributed by atoms with Crippen molar-refractivity contribution in [2.24, 2.45) is 0 Å². The molecule has 1 heterocycles. The average Bonchev–Trinajstić information content (AvgIpc) is 2.76. The van der Waals surface area contributed by atoms with Gasteiger partial charge in [-0.25, -0.2) is 4.39 Å². The molecule has 2 aromatic rings. The maximum Gasteiger partial charge on any atom is 0.213 e. The lowest BCUT2D eigenvalue weighted by Crippen LogP contribution is -2.17. The number of rotatable bonds is 5. The molecule has 5 nitrogen and oxygen atoms in total. The lowest BCUT2D eigenvalue weighted by molar-refractivity contribution is 0.409. The maximum absolute atomic E-state index is 12.9. The summed E-state index contributed by atoms with van der Waals surface area (Å²) >= 11 is 0. The first-order valence-corrected chi connectivity index (χ1v) is 5.18. The van der Waals surface area contributed by atoms with Crippen molar-refractivity contribution in [1.82, 2.24) is 15.5 Å². The Bertz CT molecular complexity index is 453. The minimum atomic E-state index is -0.444. The van der Waals surface area contributed by atoms with Crippen LogP contribution in [0.2, 0.25) is 0 Å². The summed E-state index contributed by atoms with van der Waals surface area (Å²) < 4.78 is 17.5. The molecule has 0 fully saturated rings. The summed E-state index contributed by atoms with van der Waals surface area (Å²) in [5.41, 5.74) is 0.690. The lowest BCUT2D eigenvalue weighted by atomic mass is 10.2. The Morgan fingerprint density at radius 1 is 1.35 bits per heavy atom. The van der Waals surface area contributed by atoms with Gasteiger partial charge in [0.05, 0.1) is 0 Å². The van der Waals surface area contributed by atoms with Crippen LogP contribution >= 0.6 is 0 Å². The van der Waals surface area contributed by atoms with E-state index in [-0.39, 0.29) is 5.75 Å². The molecule has 0 aliphatic carbocycles. The molecular formula is C11H12FN3O2. The van der Waals surface area contributed by atoms with E-state index in [4.69, 9.17) is 0 Å². The van der Waals surface area contributed by atoms with Gasteiger partial charge in [0.15, 0.2) is 5.82 Å². The summed E-state index contributed by atoms with van der Waals surface area (Å²) in [5.74, 6) is 0.111. The van der Waals surface area contributed by atoms with Gasteiger partial charge in [-0.1, -0.05) is 5.16 Å². The number of nitrogens with one attached hydrogen (secondary N) is 1. The number of aromatic nitrogens is 2. The number of phenols is 1. The van der Waals surface area contributed by atoms with Crippen molar-refractivity contribution in [2.45, 2.75) is 13.0 Å². The summed E-state index contributed by atoms with van der Waals surface area (Å²) in [5, 5.41) is 16.0. The van der Waals surface area contributed by atoms with Crippen LogP contribution in [0.5, 0.6) is 5.75 Å². The van der Waals surface area contributed by atoms with Crippen LogP contribution in [0.3, 0.4) is 0 Å². The Kier molecular flexibility index (Phi) is 3.66. The highest BCUT2D eigenvalue weighted by atomic mass is 19.1. The van der Waals surface area contributed by atoms with Crippen molar-refractivity contribution in [3.8, 4) is 5.75 Å². The predicted molar refractivity (Wildman–Crippen MR) is 57.8 cm³/mol. The van der Waals surface area contributed by atoms with Gasteiger partial charge in [0, 0.05) is 25.6 Å². The van der Waals surface area contributed by atoms with Crippen LogP contribution in [0.1, 0.15) is 11.4 Å². The van der Waals surface area contributed by atoms with Gasteiger partial charge < -0.3 is 14.9 Å². The molecule has 0 aliphatic rings. The molecule has 6 heteroatoms. The third-order valence-electron chi connectivity index (χ3n) is 2.20. The first kappa shape index (κ1) is 11.5. The van der Waals surface area contributed by atoms with Gasteiger partial charge >= 0.3 is 0 Å². The average molecular weight is 237 g/mol. The van der Waals surface area contributed by atoms with Gasteiger partial charge in [0.1, 0.15) is 11.6 Å². The van der Waals surface area contributed by atoms with Crippen LogP contribution in [-0.2, 0) is 13.0 Å². The Morgan fingerprint density at radius 2 is 2.24 bits per heavy atom. The third-order valence-corrected chi connectivity index (χ3v) is 2.20. The van der Waals surface area contributed by atoms with E-state index in [1.54, 1.807) is 0 Å². The van der Waals surface area contributed by atoms with Crippen LogP contribution in [0.15, 0.2) is 29.1 Å². The topological polar surface area (TPSA) is 71.2 Å². The van der Waals surface area contributed by atoms with Crippen LogP contribution in [0.25, 0.3) is 0 Å². The molecule has 0 unspecified atom stereocenters. The summed E-state index contributed by atoms with van der Waals surface area (Å²) in [7, 11) is 0. The molecule has 90 valence electrons. The molecule has 0 saturated carbocycles. The number of halogens is 1. The van der Waals surface area contributed by atoms with Crippen molar-refractivity contribution >= 4 is 0 Å². The van der Waals surface area contributed by atoms with E-state index in [9.17, 15) is 9.50 Å². The normalized spacial score (nSPS) is 10.6. The fourth-order valence-electron chi connectivity index (χ4n) is 1.47. The second kappa shape index (κ2) is 5.40. The molecule has 0 saturated heterocycles. The number of hydrogen-bond acceptors (Lipinski definition) is 5. The standard InChI is InChI=1S/C11H12FN3O2/c12-9-3-8(4-10(16)5-9)6-13-2-1-11-14-7-17-15-11/h3-5,7,13,16H,1-2,6H2. The first-order chi connectivity index (χ1) is 8.24. The molecule has 0 atom stereocenters. The highest BCUT2D eigenvalue weighted by Crippen LogP contribution is 2.14. The van der Waals surface area contributed by atoms with Crippen LogP contribution in [-0.4, -0.2) is 21.8 Å². The maximum atomic E-state index is 12.9. The molecule has 0 bridgehead atoms. The summed E-state index contributed by atoms with van der Waals surface area (Å²) in [6, 6.07) is 3.97. The third kappa shape index (κ3) is 3.53. The Hall–Kier alpha value is -1.95. The fraction of sp³-hybridized carbons (Fsp3) is 0.273. The summed E-state index contributed by atoms with van der Waals surface area (Å²) in [6.07, 6.45) is 1.91. The SMILES string of the molecule is Oc1cc(F)cc(CNCCc2ncon2)c1. The molecule has 0 aliphatic heterocycles. The molecule has 17 heavy (non-hydrogen) atoms. The van der Waals surface area contributed by atoms with E-state index in [1.807, 2.05) is 0 Å². The second-order valence-electron chi connectivity index (χ2n) is 3.59. The molecule has 0 amide bonds. The van der Waals surface area contributed by atoms with Crippen LogP contribution in [0.4, 0.5) is 4.39 Å². The first-order valence-electron chi connectivity index (χ1n) is 5.18. The van der Waals surface area contributed by atoms with Crippen molar-refractivity contribution in [3.05, 3.63) is 41.8 Å². The molecule has 0 spiro atoms. The van der Waals surface area contributed by atoms with E-state index in [0.717, 1.165) is 6.07 Å². The van der Waals surface area contributed by atoms with Crippen molar-refractivity contribution in [2.75, 3.05) is 6.54 Å². The van der Waals surface area contributed by atoms with E-state index in [2.05, 4.69) is 20.0 Å². The number of hydrogen-bond donors (Lipinski definition) is 2. The van der Waals surface area contributed by atoms with Gasteiger partial charge in [0.25, 0.3) is 0 Å². The van der Waals surface area contributed by atoms with Crippen molar-refractivity contribution in [1.29, 1.82) is 0 Å². The molecule has 2 rings (SSSR count). The minimum Gasteiger partial charge on any atom is -0.508 e. The van der Waals surface area contributed by atoms with Gasteiger partial charge in [0.2, 0.25) is 6.39 Å². The smallest absolute Gasteiger partial charge is 0.213 e. The van der Waals surface area contributed by atoms with E-state index >= 15 is 0 Å². The lowest BCUT2D eigenvalue weighted by Gasteiger charge is -2.04. The quantitative estimate of drug-likeness (QED) is 0.766. The highest BCUT2D eigenvalue weighted by Gasteiger charge is 2.01. The largest absolute Gasteiger partial charge is 0.508 e. The zero-order valence-electron chi connectivity index (χ0n) is 9.06. The molecule has 0 radical (unpaired) electrons. The van der Waals surface area contributed by atoms with Gasteiger partial charge in [-0.05, 0) is 17.7 Å². The molecule has 1 aromatic heterocycles. The minimum absolute atomic E-state index is 0.0695. The van der Waals surface area contributed by atoms with Gasteiger partial charge in [-0.2, -0.15) is 4.98 Å². The van der Waals surface area contributed by atoms with Crippen molar-refractivity contribution in [3.63, 3.8) is 0 Å². The van der Waals surface area contributed by atoms with Gasteiger partial charge in [-0.3, -0.25) is 0 Å². The van der Waals surface area contributed by atoms with Crippen LogP contribution < -0.4 is 5.32 Å².